The van der Waals surface area contributed by atoms with Gasteiger partial charge < -0.3 is 19.6 Å². The first kappa shape index (κ1) is 50.1. The Kier molecular flexibility index (Phi) is 12.5. The summed E-state index contributed by atoms with van der Waals surface area (Å²) in [7, 11) is 0. The summed E-state index contributed by atoms with van der Waals surface area (Å²) in [5, 5.41) is 0. The molecule has 82 heavy (non-hydrogen) atoms. The van der Waals surface area contributed by atoms with Gasteiger partial charge in [-0.05, 0) is 201 Å². The lowest BCUT2D eigenvalue weighted by atomic mass is 9.82. The maximum atomic E-state index is 2.40. The molecule has 12 aromatic rings. The molecule has 0 atom stereocenters. The molecular formula is C78H62N4. The third-order valence-corrected chi connectivity index (χ3v) is 17.0. The van der Waals surface area contributed by atoms with Gasteiger partial charge in [-0.2, -0.15) is 0 Å². The fraction of sp³-hybridized carbons (Fsp3) is 0.0769. The van der Waals surface area contributed by atoms with Gasteiger partial charge in [-0.25, -0.2) is 0 Å². The van der Waals surface area contributed by atoms with E-state index in [-0.39, 0.29) is 10.8 Å². The Hall–Kier alpha value is -10.2. The van der Waals surface area contributed by atoms with Gasteiger partial charge in [-0.1, -0.05) is 185 Å². The number of nitrogens with zero attached hydrogens (tertiary/aromatic N) is 4. The fourth-order valence-electron chi connectivity index (χ4n) is 12.9. The smallest absolute Gasteiger partial charge is 0.0468 e. The molecule has 0 spiro atoms. The highest BCUT2D eigenvalue weighted by Gasteiger charge is 2.37. The van der Waals surface area contributed by atoms with Crippen LogP contribution in [-0.4, -0.2) is 0 Å². The van der Waals surface area contributed by atoms with Gasteiger partial charge in [0.25, 0.3) is 0 Å². The third kappa shape index (κ3) is 8.81. The van der Waals surface area contributed by atoms with Crippen molar-refractivity contribution < 1.29 is 0 Å². The van der Waals surface area contributed by atoms with Crippen LogP contribution in [0.3, 0.4) is 0 Å². The van der Waals surface area contributed by atoms with Gasteiger partial charge in [0, 0.05) is 79.1 Å². The van der Waals surface area contributed by atoms with Crippen molar-refractivity contribution in [2.75, 3.05) is 19.6 Å². The second-order valence-corrected chi connectivity index (χ2v) is 22.6. The largest absolute Gasteiger partial charge is 0.311 e. The molecule has 0 fully saturated rings. The van der Waals surface area contributed by atoms with Crippen LogP contribution in [0.15, 0.2) is 303 Å². The predicted octanol–water partition coefficient (Wildman–Crippen LogP) is 21.8. The van der Waals surface area contributed by atoms with E-state index < -0.39 is 0 Å². The molecule has 0 saturated heterocycles. The first-order chi connectivity index (χ1) is 40.2. The summed E-state index contributed by atoms with van der Waals surface area (Å²) in [5.41, 5.74) is 25.9. The number of benzene rings is 12. The molecular weight excluding hydrogens is 993 g/mol. The van der Waals surface area contributed by atoms with Gasteiger partial charge in [-0.15, -0.1) is 0 Å². The molecule has 0 saturated carbocycles. The summed E-state index contributed by atoms with van der Waals surface area (Å²) < 4.78 is 0. The first-order valence-corrected chi connectivity index (χ1v) is 28.5. The highest BCUT2D eigenvalue weighted by molar-refractivity contribution is 5.90. The van der Waals surface area contributed by atoms with Crippen LogP contribution in [-0.2, 0) is 10.8 Å². The van der Waals surface area contributed by atoms with Gasteiger partial charge in [-0.3, -0.25) is 0 Å². The molecule has 0 heterocycles. The van der Waals surface area contributed by atoms with Gasteiger partial charge in [0.05, 0.1) is 0 Å². The average molecular weight is 1060 g/mol. The van der Waals surface area contributed by atoms with Crippen LogP contribution in [0.5, 0.6) is 0 Å². The topological polar surface area (TPSA) is 13.0 Å². The second-order valence-electron chi connectivity index (χ2n) is 22.6. The summed E-state index contributed by atoms with van der Waals surface area (Å²) >= 11 is 0. The predicted molar refractivity (Wildman–Crippen MR) is 346 cm³/mol. The van der Waals surface area contributed by atoms with E-state index in [2.05, 4.69) is 351 Å². The SMILES string of the molecule is CC1(C)c2ccccc2-c2cc(N(c3ccc(-c4ccc(N(c5ccc(N(c6ccccc6)c6ccccc6)cc5)c5ccc6c(c5)-c5ccccc5C6(C)C)cc4)cc3)c3ccc(N(c4ccccc4)c4ccccc4)cc3)ccc21. The van der Waals surface area contributed by atoms with Gasteiger partial charge in [0.1, 0.15) is 0 Å². The Morgan fingerprint density at radius 3 is 0.683 bits per heavy atom. The van der Waals surface area contributed by atoms with Crippen molar-refractivity contribution in [3.8, 4) is 33.4 Å². The summed E-state index contributed by atoms with van der Waals surface area (Å²) in [5.74, 6) is 0. The molecule has 0 unspecified atom stereocenters. The molecule has 0 aliphatic heterocycles. The van der Waals surface area contributed by atoms with Crippen LogP contribution >= 0.6 is 0 Å². The fourth-order valence-corrected chi connectivity index (χ4v) is 12.9. The minimum atomic E-state index is -0.0916. The van der Waals surface area contributed by atoms with Gasteiger partial charge >= 0.3 is 0 Å². The van der Waals surface area contributed by atoms with Gasteiger partial charge in [0.2, 0.25) is 0 Å². The van der Waals surface area contributed by atoms with Crippen molar-refractivity contribution in [1.29, 1.82) is 0 Å². The molecule has 2 aliphatic rings. The number of rotatable bonds is 13. The van der Waals surface area contributed by atoms with Gasteiger partial charge in [0.15, 0.2) is 0 Å². The molecule has 0 bridgehead atoms. The first-order valence-electron chi connectivity index (χ1n) is 28.5. The number of anilines is 12. The monoisotopic (exact) mass is 1050 g/mol. The number of fused-ring (bicyclic) bond motifs is 6. The standard InChI is InChI=1S/C78H62N4/c1-77(2)73-31-19-17-29-69(73)71-53-67(49-51-75(71)77)81(65-45-41-63(42-46-65)79(57-21-9-5-10-22-57)58-23-11-6-12-24-58)61-37-33-55(34-38-61)56-35-39-62(40-36-56)82(68-50-52-76-72(54-68)70-30-18-20-32-74(70)78(76,3)4)66-47-43-64(44-48-66)80(59-25-13-7-14-26-59)60-27-15-8-16-28-60/h5-54H,1-4H3. The molecule has 0 N–H and O–H groups in total. The highest BCUT2D eigenvalue weighted by atomic mass is 15.2. The number of hydrogen-bond donors (Lipinski definition) is 0. The second kappa shape index (κ2) is 20.5. The Morgan fingerprint density at radius 1 is 0.183 bits per heavy atom. The molecule has 4 heteroatoms. The molecule has 4 nitrogen and oxygen atoms in total. The lowest BCUT2D eigenvalue weighted by Crippen LogP contribution is -2.15. The Bertz CT molecular complexity index is 3870. The third-order valence-electron chi connectivity index (χ3n) is 17.0. The molecule has 0 radical (unpaired) electrons. The van der Waals surface area contributed by atoms with Crippen molar-refractivity contribution in [2.24, 2.45) is 0 Å². The van der Waals surface area contributed by atoms with E-state index >= 15 is 0 Å². The number of para-hydroxylation sites is 4. The molecule has 14 rings (SSSR count). The van der Waals surface area contributed by atoms with E-state index in [0.717, 1.165) is 79.4 Å². The van der Waals surface area contributed by atoms with Crippen LogP contribution in [0.2, 0.25) is 0 Å². The van der Waals surface area contributed by atoms with Crippen LogP contribution in [0.25, 0.3) is 33.4 Å². The van der Waals surface area contributed by atoms with Crippen molar-refractivity contribution in [1.82, 2.24) is 0 Å². The molecule has 0 amide bonds. The maximum Gasteiger partial charge on any atom is 0.0468 e. The van der Waals surface area contributed by atoms with E-state index in [4.69, 9.17) is 0 Å². The lowest BCUT2D eigenvalue weighted by Gasteiger charge is -2.29. The quantitative estimate of drug-likeness (QED) is 0.114. The van der Waals surface area contributed by atoms with E-state index in [1.54, 1.807) is 0 Å². The summed E-state index contributed by atoms with van der Waals surface area (Å²) in [4.78, 5) is 9.43. The summed E-state index contributed by atoms with van der Waals surface area (Å²) in [6, 6.07) is 110. The number of hydrogen-bond acceptors (Lipinski definition) is 4. The zero-order valence-electron chi connectivity index (χ0n) is 46.7. The van der Waals surface area contributed by atoms with Crippen molar-refractivity contribution in [2.45, 2.75) is 38.5 Å². The average Bonchev–Trinajstić information content (AvgIpc) is 2.92. The molecule has 0 aromatic heterocycles. The summed E-state index contributed by atoms with van der Waals surface area (Å²) in [6.07, 6.45) is 0. The van der Waals surface area contributed by atoms with Crippen molar-refractivity contribution in [3.05, 3.63) is 326 Å². The van der Waals surface area contributed by atoms with E-state index in [1.165, 1.54) is 44.5 Å². The van der Waals surface area contributed by atoms with Crippen molar-refractivity contribution in [3.63, 3.8) is 0 Å². The van der Waals surface area contributed by atoms with Crippen LogP contribution < -0.4 is 19.6 Å². The van der Waals surface area contributed by atoms with Crippen molar-refractivity contribution >= 4 is 68.2 Å². The summed E-state index contributed by atoms with van der Waals surface area (Å²) in [6.45, 7) is 9.38. The highest BCUT2D eigenvalue weighted by Crippen LogP contribution is 2.53. The van der Waals surface area contributed by atoms with Crippen LogP contribution in [0.4, 0.5) is 68.2 Å². The van der Waals surface area contributed by atoms with Crippen LogP contribution in [0.1, 0.15) is 49.9 Å². The van der Waals surface area contributed by atoms with E-state index in [0.29, 0.717) is 0 Å². The Morgan fingerprint density at radius 2 is 0.390 bits per heavy atom. The maximum absolute atomic E-state index is 2.40. The van der Waals surface area contributed by atoms with E-state index in [1.807, 2.05) is 0 Å². The van der Waals surface area contributed by atoms with E-state index in [9.17, 15) is 0 Å². The van der Waals surface area contributed by atoms with Crippen LogP contribution in [0, 0.1) is 0 Å². The minimum Gasteiger partial charge on any atom is -0.311 e. The normalized spacial score (nSPS) is 13.1. The minimum absolute atomic E-state index is 0.0916. The molecule has 394 valence electrons. The Balaban J connectivity index is 0.829. The molecule has 12 aromatic carbocycles. The molecule has 2 aliphatic carbocycles. The zero-order chi connectivity index (χ0) is 55.4. The Labute approximate surface area is 482 Å². The lowest BCUT2D eigenvalue weighted by molar-refractivity contribution is 0.660. The zero-order valence-corrected chi connectivity index (χ0v) is 46.7.